The van der Waals surface area contributed by atoms with E-state index in [4.69, 9.17) is 10.6 Å². The van der Waals surface area contributed by atoms with Gasteiger partial charge in [-0.15, -0.1) is 0 Å². The van der Waals surface area contributed by atoms with E-state index in [9.17, 15) is 0 Å². The lowest BCUT2D eigenvalue weighted by molar-refractivity contribution is 0.411. The van der Waals surface area contributed by atoms with Gasteiger partial charge >= 0.3 is 0 Å². The Morgan fingerprint density at radius 2 is 1.85 bits per heavy atom. The molecule has 3 nitrogen and oxygen atoms in total. The molecule has 0 radical (unpaired) electrons. The summed E-state index contributed by atoms with van der Waals surface area (Å²) in [6.45, 7) is 4.17. The fourth-order valence-corrected chi connectivity index (χ4v) is 2.45. The molecule has 3 heteroatoms. The molecule has 0 amide bonds. The van der Waals surface area contributed by atoms with Crippen LogP contribution in [0.3, 0.4) is 0 Å². The first-order chi connectivity index (χ1) is 9.65. The maximum Gasteiger partial charge on any atom is 0.121 e. The molecule has 0 bridgehead atoms. The predicted molar refractivity (Wildman–Crippen MR) is 82.7 cm³/mol. The Kier molecular flexibility index (Phi) is 4.77. The lowest BCUT2D eigenvalue weighted by Crippen LogP contribution is -2.29. The van der Waals surface area contributed by atoms with Crippen molar-refractivity contribution in [2.45, 2.75) is 26.3 Å². The smallest absolute Gasteiger partial charge is 0.121 e. The van der Waals surface area contributed by atoms with E-state index in [0.717, 1.165) is 17.7 Å². The van der Waals surface area contributed by atoms with Crippen LogP contribution >= 0.6 is 0 Å². The standard InChI is InChI=1S/C17H22N2O/c1-12-6-4-5-7-14(12)11-16(19-18)15-8-9-17(20-3)13(2)10-15/h4-10,16,19H,11,18H2,1-3H3. The van der Waals surface area contributed by atoms with Gasteiger partial charge in [0.1, 0.15) is 5.75 Å². The Morgan fingerprint density at radius 3 is 2.45 bits per heavy atom. The van der Waals surface area contributed by atoms with Gasteiger partial charge in [0, 0.05) is 0 Å². The fourth-order valence-electron chi connectivity index (χ4n) is 2.45. The van der Waals surface area contributed by atoms with Crippen molar-refractivity contribution >= 4 is 0 Å². The highest BCUT2D eigenvalue weighted by atomic mass is 16.5. The van der Waals surface area contributed by atoms with Gasteiger partial charge in [0.05, 0.1) is 13.2 Å². The second-order valence-corrected chi connectivity index (χ2v) is 5.08. The van der Waals surface area contributed by atoms with Crippen LogP contribution in [0.4, 0.5) is 0 Å². The van der Waals surface area contributed by atoms with Crippen molar-refractivity contribution < 1.29 is 4.74 Å². The molecule has 2 rings (SSSR count). The van der Waals surface area contributed by atoms with Crippen molar-refractivity contribution in [2.75, 3.05) is 7.11 Å². The average Bonchev–Trinajstić information content (AvgIpc) is 2.46. The molecule has 2 aromatic carbocycles. The summed E-state index contributed by atoms with van der Waals surface area (Å²) in [5.74, 6) is 6.65. The van der Waals surface area contributed by atoms with Gasteiger partial charge in [-0.25, -0.2) is 0 Å². The maximum absolute atomic E-state index is 5.74. The molecular weight excluding hydrogens is 248 g/mol. The first-order valence-corrected chi connectivity index (χ1v) is 6.81. The molecule has 1 unspecified atom stereocenters. The van der Waals surface area contributed by atoms with E-state index in [2.05, 4.69) is 48.7 Å². The number of nitrogens with two attached hydrogens (primary N) is 1. The molecule has 0 fully saturated rings. The zero-order chi connectivity index (χ0) is 14.5. The van der Waals surface area contributed by atoms with Gasteiger partial charge in [0.15, 0.2) is 0 Å². The molecule has 0 aliphatic rings. The minimum atomic E-state index is 0.0979. The Bertz CT molecular complexity index is 581. The molecule has 0 saturated carbocycles. The monoisotopic (exact) mass is 270 g/mol. The number of benzene rings is 2. The van der Waals surface area contributed by atoms with Gasteiger partial charge < -0.3 is 4.74 Å². The second-order valence-electron chi connectivity index (χ2n) is 5.08. The van der Waals surface area contributed by atoms with Crippen LogP contribution in [0.15, 0.2) is 42.5 Å². The highest BCUT2D eigenvalue weighted by Crippen LogP contribution is 2.25. The van der Waals surface area contributed by atoms with E-state index in [1.165, 1.54) is 16.7 Å². The molecule has 1 atom stereocenters. The molecule has 0 heterocycles. The van der Waals surface area contributed by atoms with E-state index in [-0.39, 0.29) is 6.04 Å². The van der Waals surface area contributed by atoms with Crippen LogP contribution in [-0.4, -0.2) is 7.11 Å². The second kappa shape index (κ2) is 6.55. The van der Waals surface area contributed by atoms with Crippen molar-refractivity contribution in [1.82, 2.24) is 5.43 Å². The lowest BCUT2D eigenvalue weighted by Gasteiger charge is -2.19. The zero-order valence-corrected chi connectivity index (χ0v) is 12.3. The third-order valence-corrected chi connectivity index (χ3v) is 3.71. The van der Waals surface area contributed by atoms with Gasteiger partial charge in [-0.1, -0.05) is 36.4 Å². The molecule has 2 aromatic rings. The number of hydrazine groups is 1. The largest absolute Gasteiger partial charge is 0.496 e. The van der Waals surface area contributed by atoms with Crippen molar-refractivity contribution in [3.8, 4) is 5.75 Å². The molecule has 106 valence electrons. The van der Waals surface area contributed by atoms with Crippen LogP contribution in [0.25, 0.3) is 0 Å². The molecule has 3 N–H and O–H groups in total. The van der Waals surface area contributed by atoms with E-state index in [1.807, 2.05) is 13.0 Å². The molecule has 0 spiro atoms. The fraction of sp³-hybridized carbons (Fsp3) is 0.294. The Labute approximate surface area is 120 Å². The van der Waals surface area contributed by atoms with Gasteiger partial charge in [0.2, 0.25) is 0 Å². The van der Waals surface area contributed by atoms with Crippen LogP contribution in [0.5, 0.6) is 5.75 Å². The molecule has 0 aliphatic carbocycles. The summed E-state index contributed by atoms with van der Waals surface area (Å²) in [7, 11) is 1.69. The summed E-state index contributed by atoms with van der Waals surface area (Å²) in [4.78, 5) is 0. The topological polar surface area (TPSA) is 47.3 Å². The number of hydrogen-bond acceptors (Lipinski definition) is 3. The third-order valence-electron chi connectivity index (χ3n) is 3.71. The summed E-state index contributed by atoms with van der Waals surface area (Å²) in [6.07, 6.45) is 0.870. The summed E-state index contributed by atoms with van der Waals surface area (Å²) in [5, 5.41) is 0. The molecule has 0 aromatic heterocycles. The van der Waals surface area contributed by atoms with Crippen molar-refractivity contribution in [3.63, 3.8) is 0 Å². The summed E-state index contributed by atoms with van der Waals surface area (Å²) in [6, 6.07) is 14.7. The number of aryl methyl sites for hydroxylation is 2. The van der Waals surface area contributed by atoms with Crippen molar-refractivity contribution in [1.29, 1.82) is 0 Å². The zero-order valence-electron chi connectivity index (χ0n) is 12.3. The van der Waals surface area contributed by atoms with Gasteiger partial charge in [-0.2, -0.15) is 0 Å². The molecule has 0 saturated heterocycles. The van der Waals surface area contributed by atoms with Gasteiger partial charge in [0.25, 0.3) is 0 Å². The highest BCUT2D eigenvalue weighted by molar-refractivity contribution is 5.38. The minimum Gasteiger partial charge on any atom is -0.496 e. The first kappa shape index (κ1) is 14.6. The Morgan fingerprint density at radius 1 is 1.10 bits per heavy atom. The number of ether oxygens (including phenoxy) is 1. The van der Waals surface area contributed by atoms with Gasteiger partial charge in [-0.05, 0) is 48.6 Å². The van der Waals surface area contributed by atoms with Crippen molar-refractivity contribution in [2.24, 2.45) is 5.84 Å². The van der Waals surface area contributed by atoms with Crippen LogP contribution in [-0.2, 0) is 6.42 Å². The summed E-state index contributed by atoms with van der Waals surface area (Å²) in [5.41, 5.74) is 7.81. The van der Waals surface area contributed by atoms with E-state index >= 15 is 0 Å². The normalized spacial score (nSPS) is 12.2. The van der Waals surface area contributed by atoms with Crippen LogP contribution in [0, 0.1) is 13.8 Å². The summed E-state index contributed by atoms with van der Waals surface area (Å²) < 4.78 is 5.30. The minimum absolute atomic E-state index is 0.0979. The Hall–Kier alpha value is -1.84. The number of nitrogens with one attached hydrogen (secondary N) is 1. The number of rotatable bonds is 5. The van der Waals surface area contributed by atoms with E-state index < -0.39 is 0 Å². The van der Waals surface area contributed by atoms with Crippen LogP contribution < -0.4 is 16.0 Å². The highest BCUT2D eigenvalue weighted by Gasteiger charge is 2.13. The number of hydrogen-bond donors (Lipinski definition) is 2. The van der Waals surface area contributed by atoms with Crippen molar-refractivity contribution in [3.05, 3.63) is 64.7 Å². The number of methoxy groups -OCH3 is 1. The van der Waals surface area contributed by atoms with Crippen LogP contribution in [0.1, 0.15) is 28.3 Å². The van der Waals surface area contributed by atoms with Gasteiger partial charge in [-0.3, -0.25) is 11.3 Å². The maximum atomic E-state index is 5.74. The first-order valence-electron chi connectivity index (χ1n) is 6.81. The summed E-state index contributed by atoms with van der Waals surface area (Å²) >= 11 is 0. The predicted octanol–water partition coefficient (Wildman–Crippen LogP) is 3.06. The quantitative estimate of drug-likeness (QED) is 0.648. The van der Waals surface area contributed by atoms with E-state index in [0.29, 0.717) is 0 Å². The Balaban J connectivity index is 2.24. The SMILES string of the molecule is COc1ccc(C(Cc2ccccc2C)NN)cc1C. The van der Waals surface area contributed by atoms with Crippen LogP contribution in [0.2, 0.25) is 0 Å². The lowest BCUT2D eigenvalue weighted by atomic mass is 9.95. The molecule has 0 aliphatic heterocycles. The molecule has 20 heavy (non-hydrogen) atoms. The average molecular weight is 270 g/mol. The van der Waals surface area contributed by atoms with E-state index in [1.54, 1.807) is 7.11 Å². The third kappa shape index (κ3) is 3.18. The molecular formula is C17H22N2O.